The second-order valence-corrected chi connectivity index (χ2v) is 3.05. The number of amides is 1. The van der Waals surface area contributed by atoms with Gasteiger partial charge >= 0.3 is 0 Å². The second kappa shape index (κ2) is 5.11. The number of unbranched alkanes of at least 4 members (excludes halogenated alkanes) is 1. The summed E-state index contributed by atoms with van der Waals surface area (Å²) in [6.07, 6.45) is 2.04. The number of piperazine rings is 1. The molecular formula is C8H17N3O. The molecule has 1 aliphatic rings. The normalized spacial score (nSPS) is 18.4. The summed E-state index contributed by atoms with van der Waals surface area (Å²) in [6, 6.07) is 0. The number of nitrogens with zero attached hydrogens (tertiary/aromatic N) is 1. The number of nitrogens with two attached hydrogens (primary N) is 1. The maximum Gasteiger partial charge on any atom is 0.236 e. The van der Waals surface area contributed by atoms with Crippen molar-refractivity contribution in [1.82, 2.24) is 10.2 Å². The third kappa shape index (κ3) is 2.79. The smallest absolute Gasteiger partial charge is 0.236 e. The Hall–Kier alpha value is -0.610. The quantitative estimate of drug-likeness (QED) is 0.542. The molecule has 1 rings (SSSR count). The van der Waals surface area contributed by atoms with Crippen LogP contribution < -0.4 is 11.1 Å². The minimum atomic E-state index is 0.221. The van der Waals surface area contributed by atoms with E-state index in [4.69, 9.17) is 5.73 Å². The molecule has 0 radical (unpaired) electrons. The number of nitrogens with one attached hydrogen (secondary N) is 1. The second-order valence-electron chi connectivity index (χ2n) is 3.05. The van der Waals surface area contributed by atoms with E-state index in [9.17, 15) is 4.79 Å². The molecule has 1 aliphatic heterocycles. The summed E-state index contributed by atoms with van der Waals surface area (Å²) in [4.78, 5) is 13.1. The first-order chi connectivity index (χ1) is 5.84. The zero-order valence-corrected chi connectivity index (χ0v) is 7.38. The lowest BCUT2D eigenvalue weighted by Gasteiger charge is -2.27. The van der Waals surface area contributed by atoms with Crippen molar-refractivity contribution >= 4 is 5.91 Å². The zero-order valence-electron chi connectivity index (χ0n) is 7.38. The highest BCUT2D eigenvalue weighted by Crippen LogP contribution is 1.97. The minimum absolute atomic E-state index is 0.221. The van der Waals surface area contributed by atoms with Gasteiger partial charge in [-0.2, -0.15) is 0 Å². The topological polar surface area (TPSA) is 58.4 Å². The average Bonchev–Trinajstić information content (AvgIpc) is 2.09. The van der Waals surface area contributed by atoms with E-state index in [0.29, 0.717) is 6.54 Å². The van der Waals surface area contributed by atoms with E-state index in [-0.39, 0.29) is 5.91 Å². The van der Waals surface area contributed by atoms with Crippen LogP contribution in [-0.2, 0) is 4.79 Å². The third-order valence-electron chi connectivity index (χ3n) is 2.07. The first-order valence-corrected chi connectivity index (χ1v) is 4.53. The Kier molecular flexibility index (Phi) is 4.04. The molecule has 4 heteroatoms. The van der Waals surface area contributed by atoms with Gasteiger partial charge in [0.05, 0.1) is 6.54 Å². The molecule has 0 spiro atoms. The van der Waals surface area contributed by atoms with Crippen LogP contribution in [0.2, 0.25) is 0 Å². The molecule has 3 N–H and O–H groups in total. The van der Waals surface area contributed by atoms with Gasteiger partial charge in [-0.3, -0.25) is 4.79 Å². The first-order valence-electron chi connectivity index (χ1n) is 4.53. The van der Waals surface area contributed by atoms with Crippen molar-refractivity contribution in [3.8, 4) is 0 Å². The molecule has 1 saturated heterocycles. The molecule has 1 heterocycles. The van der Waals surface area contributed by atoms with E-state index in [2.05, 4.69) is 5.32 Å². The highest BCUT2D eigenvalue weighted by molar-refractivity contribution is 5.78. The van der Waals surface area contributed by atoms with Gasteiger partial charge in [-0.1, -0.05) is 0 Å². The van der Waals surface area contributed by atoms with Crippen molar-refractivity contribution in [2.45, 2.75) is 12.8 Å². The molecule has 4 nitrogen and oxygen atoms in total. The molecule has 0 aliphatic carbocycles. The Morgan fingerprint density at radius 1 is 1.50 bits per heavy atom. The van der Waals surface area contributed by atoms with E-state index in [1.807, 2.05) is 4.90 Å². The van der Waals surface area contributed by atoms with Crippen LogP contribution >= 0.6 is 0 Å². The lowest BCUT2D eigenvalue weighted by atomic mass is 10.2. The molecule has 1 amide bonds. The summed E-state index contributed by atoms with van der Waals surface area (Å²) in [5, 5.41) is 3.04. The van der Waals surface area contributed by atoms with Crippen molar-refractivity contribution in [1.29, 1.82) is 0 Å². The van der Waals surface area contributed by atoms with Gasteiger partial charge in [-0.25, -0.2) is 0 Å². The molecule has 0 atom stereocenters. The molecule has 0 aromatic heterocycles. The van der Waals surface area contributed by atoms with E-state index in [1.54, 1.807) is 0 Å². The van der Waals surface area contributed by atoms with Gasteiger partial charge in [0.15, 0.2) is 0 Å². The Labute approximate surface area is 73.1 Å². The van der Waals surface area contributed by atoms with E-state index < -0.39 is 0 Å². The van der Waals surface area contributed by atoms with Gasteiger partial charge in [-0.15, -0.1) is 0 Å². The fourth-order valence-corrected chi connectivity index (χ4v) is 1.33. The van der Waals surface area contributed by atoms with Gasteiger partial charge in [0.2, 0.25) is 5.91 Å². The molecule has 0 aromatic rings. The Morgan fingerprint density at radius 3 is 3.00 bits per heavy atom. The number of rotatable bonds is 4. The molecular weight excluding hydrogens is 154 g/mol. The standard InChI is InChI=1S/C8H17N3O/c9-3-1-2-5-11-6-4-10-7-8(11)12/h10H,1-7,9H2. The van der Waals surface area contributed by atoms with Crippen LogP contribution in [0.15, 0.2) is 0 Å². The molecule has 0 aromatic carbocycles. The summed E-state index contributed by atoms with van der Waals surface area (Å²) in [6.45, 7) is 3.87. The van der Waals surface area contributed by atoms with E-state index in [1.165, 1.54) is 0 Å². The van der Waals surface area contributed by atoms with Gasteiger partial charge in [0.25, 0.3) is 0 Å². The lowest BCUT2D eigenvalue weighted by molar-refractivity contribution is -0.131. The highest BCUT2D eigenvalue weighted by atomic mass is 16.2. The first kappa shape index (κ1) is 9.48. The summed E-state index contributed by atoms with van der Waals surface area (Å²) in [5.41, 5.74) is 5.36. The van der Waals surface area contributed by atoms with Crippen molar-refractivity contribution < 1.29 is 4.79 Å². The summed E-state index contributed by atoms with van der Waals surface area (Å²) in [7, 11) is 0. The predicted octanol–water partition coefficient (Wildman–Crippen LogP) is -0.843. The van der Waals surface area contributed by atoms with Crippen LogP contribution in [0.3, 0.4) is 0 Å². The number of carbonyl (C=O) groups is 1. The van der Waals surface area contributed by atoms with Crippen LogP contribution in [0.4, 0.5) is 0 Å². The minimum Gasteiger partial charge on any atom is -0.340 e. The zero-order chi connectivity index (χ0) is 8.81. The molecule has 70 valence electrons. The number of hydrogen-bond donors (Lipinski definition) is 2. The fraction of sp³-hybridized carbons (Fsp3) is 0.875. The van der Waals surface area contributed by atoms with Crippen LogP contribution in [0.5, 0.6) is 0 Å². The van der Waals surface area contributed by atoms with Crippen LogP contribution in [-0.4, -0.2) is 43.5 Å². The van der Waals surface area contributed by atoms with Gasteiger partial charge < -0.3 is 16.0 Å². The van der Waals surface area contributed by atoms with Crippen molar-refractivity contribution in [3.63, 3.8) is 0 Å². The van der Waals surface area contributed by atoms with Gasteiger partial charge in [-0.05, 0) is 19.4 Å². The Bertz CT molecular complexity index is 149. The highest BCUT2D eigenvalue weighted by Gasteiger charge is 2.15. The van der Waals surface area contributed by atoms with Crippen LogP contribution in [0, 0.1) is 0 Å². The van der Waals surface area contributed by atoms with Crippen molar-refractivity contribution in [3.05, 3.63) is 0 Å². The molecule has 0 saturated carbocycles. The van der Waals surface area contributed by atoms with Gasteiger partial charge in [0.1, 0.15) is 0 Å². The fourth-order valence-electron chi connectivity index (χ4n) is 1.33. The molecule has 1 fully saturated rings. The molecule has 12 heavy (non-hydrogen) atoms. The maximum atomic E-state index is 11.2. The summed E-state index contributed by atoms with van der Waals surface area (Å²) in [5.74, 6) is 0.221. The maximum absolute atomic E-state index is 11.2. The third-order valence-corrected chi connectivity index (χ3v) is 2.07. The van der Waals surface area contributed by atoms with Crippen LogP contribution in [0.25, 0.3) is 0 Å². The summed E-state index contributed by atoms with van der Waals surface area (Å²) < 4.78 is 0. The van der Waals surface area contributed by atoms with Crippen molar-refractivity contribution in [2.75, 3.05) is 32.7 Å². The molecule has 0 unspecified atom stereocenters. The van der Waals surface area contributed by atoms with E-state index in [0.717, 1.165) is 39.0 Å². The van der Waals surface area contributed by atoms with E-state index >= 15 is 0 Å². The SMILES string of the molecule is NCCCCN1CCNCC1=O. The predicted molar refractivity (Wildman–Crippen MR) is 47.7 cm³/mol. The largest absolute Gasteiger partial charge is 0.340 e. The summed E-state index contributed by atoms with van der Waals surface area (Å²) >= 11 is 0. The lowest BCUT2D eigenvalue weighted by Crippen LogP contribution is -2.48. The van der Waals surface area contributed by atoms with Gasteiger partial charge in [0, 0.05) is 19.6 Å². The average molecular weight is 171 g/mol. The Balaban J connectivity index is 2.16. The number of carbonyl (C=O) groups excluding carboxylic acids is 1. The monoisotopic (exact) mass is 171 g/mol. The van der Waals surface area contributed by atoms with Crippen LogP contribution in [0.1, 0.15) is 12.8 Å². The number of hydrogen-bond acceptors (Lipinski definition) is 3. The Morgan fingerprint density at radius 2 is 2.33 bits per heavy atom. The van der Waals surface area contributed by atoms with Crippen molar-refractivity contribution in [2.24, 2.45) is 5.73 Å². The molecule has 0 bridgehead atoms.